The van der Waals surface area contributed by atoms with E-state index in [0.717, 1.165) is 5.56 Å². The number of fused-ring (bicyclic) bond motifs is 1. The van der Waals surface area contributed by atoms with Crippen molar-refractivity contribution in [2.75, 3.05) is 5.32 Å². The standard InChI is InChI=1S/C17H16N4O3S2/c1-10-3-2-4-12(7-10)26(23,24)17-14-13(8-18-17)20-21-15(14)19-16(22)11-5-6-25-9-11/h2-7,9,17-18H,8H2,1H3,(H2,19,20,21,22). The smallest absolute Gasteiger partial charge is 0.257 e. The molecule has 3 N–H and O–H groups in total. The van der Waals surface area contributed by atoms with E-state index in [-0.39, 0.29) is 16.6 Å². The molecule has 1 aliphatic rings. The number of aromatic nitrogens is 2. The fourth-order valence-electron chi connectivity index (χ4n) is 2.96. The first-order valence-corrected chi connectivity index (χ1v) is 10.4. The van der Waals surface area contributed by atoms with Crippen molar-refractivity contribution in [3.8, 4) is 0 Å². The van der Waals surface area contributed by atoms with Crippen molar-refractivity contribution in [3.63, 3.8) is 0 Å². The third-order valence-electron chi connectivity index (χ3n) is 4.25. The topological polar surface area (TPSA) is 104 Å². The molecule has 0 saturated heterocycles. The lowest BCUT2D eigenvalue weighted by Crippen LogP contribution is -2.24. The highest BCUT2D eigenvalue weighted by Gasteiger charge is 2.39. The van der Waals surface area contributed by atoms with Crippen LogP contribution in [0, 0.1) is 6.92 Å². The molecule has 7 nitrogen and oxygen atoms in total. The zero-order valence-electron chi connectivity index (χ0n) is 13.8. The summed E-state index contributed by atoms with van der Waals surface area (Å²) in [4.78, 5) is 12.6. The molecule has 9 heteroatoms. The van der Waals surface area contributed by atoms with Gasteiger partial charge in [0, 0.05) is 11.9 Å². The maximum absolute atomic E-state index is 13.1. The monoisotopic (exact) mass is 388 g/mol. The zero-order chi connectivity index (χ0) is 18.3. The summed E-state index contributed by atoms with van der Waals surface area (Å²) in [5.74, 6) is -0.0819. The van der Waals surface area contributed by atoms with Crippen molar-refractivity contribution in [1.82, 2.24) is 15.5 Å². The molecule has 3 heterocycles. The Bertz CT molecular complexity index is 1070. The number of aryl methyl sites for hydroxylation is 1. The maximum atomic E-state index is 13.1. The van der Waals surface area contributed by atoms with Crippen molar-refractivity contribution < 1.29 is 13.2 Å². The third-order valence-corrected chi connectivity index (χ3v) is 6.87. The van der Waals surface area contributed by atoms with Gasteiger partial charge in [-0.2, -0.15) is 16.4 Å². The molecule has 0 bridgehead atoms. The highest BCUT2D eigenvalue weighted by Crippen LogP contribution is 2.37. The van der Waals surface area contributed by atoms with E-state index in [1.54, 1.807) is 35.0 Å². The second-order valence-electron chi connectivity index (χ2n) is 6.05. The minimum Gasteiger partial charge on any atom is -0.305 e. The molecule has 2 aromatic heterocycles. The van der Waals surface area contributed by atoms with E-state index in [0.29, 0.717) is 23.4 Å². The van der Waals surface area contributed by atoms with Gasteiger partial charge in [-0.25, -0.2) is 8.42 Å². The maximum Gasteiger partial charge on any atom is 0.257 e. The van der Waals surface area contributed by atoms with Crippen LogP contribution in [0.4, 0.5) is 5.82 Å². The molecule has 1 unspecified atom stereocenters. The molecule has 134 valence electrons. The zero-order valence-corrected chi connectivity index (χ0v) is 15.4. The van der Waals surface area contributed by atoms with Gasteiger partial charge in [-0.1, -0.05) is 12.1 Å². The van der Waals surface area contributed by atoms with Crippen LogP contribution in [0.15, 0.2) is 46.0 Å². The number of rotatable bonds is 4. The van der Waals surface area contributed by atoms with Gasteiger partial charge in [-0.3, -0.25) is 15.2 Å². The Morgan fingerprint density at radius 2 is 2.19 bits per heavy atom. The Morgan fingerprint density at radius 3 is 2.92 bits per heavy atom. The number of hydrogen-bond donors (Lipinski definition) is 3. The van der Waals surface area contributed by atoms with E-state index in [1.165, 1.54) is 11.3 Å². The second kappa shape index (κ2) is 6.35. The number of H-pyrrole nitrogens is 1. The Hall–Kier alpha value is -2.49. The average Bonchev–Trinajstić information content (AvgIpc) is 3.33. The Labute approximate surface area is 154 Å². The van der Waals surface area contributed by atoms with Gasteiger partial charge in [0.25, 0.3) is 5.91 Å². The molecule has 0 spiro atoms. The summed E-state index contributed by atoms with van der Waals surface area (Å²) in [5, 5.41) is 15.2. The summed E-state index contributed by atoms with van der Waals surface area (Å²) >= 11 is 1.41. The Morgan fingerprint density at radius 1 is 1.35 bits per heavy atom. The summed E-state index contributed by atoms with van der Waals surface area (Å²) < 4.78 is 26.2. The molecular formula is C17H16N4O3S2. The molecule has 26 heavy (non-hydrogen) atoms. The molecule has 0 aliphatic carbocycles. The van der Waals surface area contributed by atoms with Crippen molar-refractivity contribution in [2.24, 2.45) is 0 Å². The van der Waals surface area contributed by atoms with Crippen LogP contribution in [0.25, 0.3) is 0 Å². The van der Waals surface area contributed by atoms with Crippen LogP contribution in [-0.4, -0.2) is 24.5 Å². The van der Waals surface area contributed by atoms with E-state index in [1.807, 2.05) is 13.0 Å². The lowest BCUT2D eigenvalue weighted by atomic mass is 10.2. The number of thiophene rings is 1. The van der Waals surface area contributed by atoms with E-state index >= 15 is 0 Å². The first-order chi connectivity index (χ1) is 12.5. The quantitative estimate of drug-likeness (QED) is 0.637. The second-order valence-corrected chi connectivity index (χ2v) is 8.87. The molecule has 4 rings (SSSR count). The number of nitrogens with one attached hydrogen (secondary N) is 3. The van der Waals surface area contributed by atoms with Crippen molar-refractivity contribution in [2.45, 2.75) is 23.7 Å². The lowest BCUT2D eigenvalue weighted by molar-refractivity contribution is 0.102. The van der Waals surface area contributed by atoms with Gasteiger partial charge in [-0.05, 0) is 36.1 Å². The predicted molar refractivity (Wildman–Crippen MR) is 98.8 cm³/mol. The summed E-state index contributed by atoms with van der Waals surface area (Å²) in [6, 6.07) is 8.47. The van der Waals surface area contributed by atoms with Crippen LogP contribution in [0.2, 0.25) is 0 Å². The Kier molecular flexibility index (Phi) is 4.14. The largest absolute Gasteiger partial charge is 0.305 e. The van der Waals surface area contributed by atoms with Gasteiger partial charge in [0.05, 0.1) is 21.7 Å². The van der Waals surface area contributed by atoms with Gasteiger partial charge in [0.1, 0.15) is 5.37 Å². The van der Waals surface area contributed by atoms with Gasteiger partial charge in [-0.15, -0.1) is 0 Å². The number of sulfone groups is 1. The van der Waals surface area contributed by atoms with Gasteiger partial charge >= 0.3 is 0 Å². The molecular weight excluding hydrogens is 372 g/mol. The van der Waals surface area contributed by atoms with Gasteiger partial charge in [0.2, 0.25) is 0 Å². The number of hydrogen-bond acceptors (Lipinski definition) is 6. The first-order valence-electron chi connectivity index (χ1n) is 7.91. The number of anilines is 1. The van der Waals surface area contributed by atoms with Crippen molar-refractivity contribution >= 4 is 32.9 Å². The van der Waals surface area contributed by atoms with Crippen LogP contribution in [-0.2, 0) is 16.4 Å². The normalized spacial score (nSPS) is 16.4. The summed E-state index contributed by atoms with van der Waals surface area (Å²) in [5.41, 5.74) is 2.50. The van der Waals surface area contributed by atoms with E-state index in [9.17, 15) is 13.2 Å². The first kappa shape index (κ1) is 17.0. The van der Waals surface area contributed by atoms with Crippen molar-refractivity contribution in [3.05, 3.63) is 63.5 Å². The molecule has 3 aromatic rings. The number of nitrogens with zero attached hydrogens (tertiary/aromatic N) is 1. The van der Waals surface area contributed by atoms with Crippen molar-refractivity contribution in [1.29, 1.82) is 0 Å². The van der Waals surface area contributed by atoms with Crippen LogP contribution in [0.5, 0.6) is 0 Å². The molecule has 1 aliphatic heterocycles. The van der Waals surface area contributed by atoms with E-state index in [2.05, 4.69) is 20.8 Å². The van der Waals surface area contributed by atoms with Crippen LogP contribution >= 0.6 is 11.3 Å². The minimum absolute atomic E-state index is 0.235. The number of amides is 1. The summed E-state index contributed by atoms with van der Waals surface area (Å²) in [6.45, 7) is 2.18. The fraction of sp³-hybridized carbons (Fsp3) is 0.176. The molecule has 0 saturated carbocycles. The Balaban J connectivity index is 1.69. The molecule has 1 aromatic carbocycles. The van der Waals surface area contributed by atoms with Gasteiger partial charge in [0.15, 0.2) is 15.7 Å². The minimum atomic E-state index is -3.68. The fourth-order valence-corrected chi connectivity index (χ4v) is 5.36. The van der Waals surface area contributed by atoms with Crippen LogP contribution in [0.1, 0.15) is 32.6 Å². The number of aromatic amines is 1. The molecule has 0 fully saturated rings. The van der Waals surface area contributed by atoms with Crippen LogP contribution < -0.4 is 10.6 Å². The summed E-state index contributed by atoms with van der Waals surface area (Å²) in [6.07, 6.45) is 0. The molecule has 1 atom stereocenters. The third kappa shape index (κ3) is 2.83. The van der Waals surface area contributed by atoms with E-state index in [4.69, 9.17) is 0 Å². The lowest BCUT2D eigenvalue weighted by Gasteiger charge is -2.15. The summed E-state index contributed by atoms with van der Waals surface area (Å²) in [7, 11) is -3.68. The number of carbonyl (C=O) groups is 1. The highest BCUT2D eigenvalue weighted by atomic mass is 32.2. The highest BCUT2D eigenvalue weighted by molar-refractivity contribution is 7.91. The average molecular weight is 388 g/mol. The van der Waals surface area contributed by atoms with E-state index < -0.39 is 15.2 Å². The van der Waals surface area contributed by atoms with Gasteiger partial charge < -0.3 is 5.32 Å². The molecule has 1 amide bonds. The SMILES string of the molecule is Cc1cccc(S(=O)(=O)C2NCc3[nH]nc(NC(=O)c4ccsc4)c32)c1. The number of benzene rings is 1. The molecule has 0 radical (unpaired) electrons. The predicted octanol–water partition coefficient (Wildman–Crippen LogP) is 2.61. The number of carbonyl (C=O) groups excluding carboxylic acids is 1. The van der Waals surface area contributed by atoms with Crippen LogP contribution in [0.3, 0.4) is 0 Å².